The Balaban J connectivity index is 1.61. The van der Waals surface area contributed by atoms with Crippen LogP contribution in [0.2, 0.25) is 0 Å². The number of imidazole rings is 1. The first-order valence-corrected chi connectivity index (χ1v) is 6.49. The van der Waals surface area contributed by atoms with Crippen LogP contribution in [0.5, 0.6) is 0 Å². The van der Waals surface area contributed by atoms with Crippen LogP contribution in [-0.2, 0) is 6.54 Å². The number of rotatable bonds is 5. The molecule has 1 unspecified atom stereocenters. The van der Waals surface area contributed by atoms with Crippen LogP contribution in [0.15, 0.2) is 49.3 Å². The molecule has 0 amide bonds. The zero-order chi connectivity index (χ0) is 13.8. The molecule has 3 aromatic rings. The van der Waals surface area contributed by atoms with Crippen molar-refractivity contribution in [2.24, 2.45) is 0 Å². The molecule has 0 fully saturated rings. The molecule has 6 heteroatoms. The van der Waals surface area contributed by atoms with E-state index in [4.69, 9.17) is 0 Å². The second kappa shape index (κ2) is 5.66. The van der Waals surface area contributed by atoms with Gasteiger partial charge >= 0.3 is 0 Å². The van der Waals surface area contributed by atoms with Gasteiger partial charge in [-0.05, 0) is 24.6 Å². The molecule has 2 N–H and O–H groups in total. The first-order chi connectivity index (χ1) is 9.83. The van der Waals surface area contributed by atoms with E-state index in [1.807, 2.05) is 10.8 Å². The molecule has 2 aromatic heterocycles. The summed E-state index contributed by atoms with van der Waals surface area (Å²) in [4.78, 5) is 8.18. The SMILES string of the molecule is CC(NCc1ccc(-n2ccnc2)cc1)c1ncn[nH]1. The molecular weight excluding hydrogens is 252 g/mol. The Kier molecular flexibility index (Phi) is 3.56. The molecule has 1 aromatic carbocycles. The number of hydrogen-bond acceptors (Lipinski definition) is 4. The fourth-order valence-corrected chi connectivity index (χ4v) is 1.99. The van der Waals surface area contributed by atoms with Gasteiger partial charge in [0.25, 0.3) is 0 Å². The van der Waals surface area contributed by atoms with Gasteiger partial charge in [0.2, 0.25) is 0 Å². The highest BCUT2D eigenvalue weighted by atomic mass is 15.2. The second-order valence-corrected chi connectivity index (χ2v) is 4.61. The van der Waals surface area contributed by atoms with E-state index < -0.39 is 0 Å². The van der Waals surface area contributed by atoms with Crippen molar-refractivity contribution in [3.8, 4) is 5.69 Å². The number of H-pyrrole nitrogens is 1. The summed E-state index contributed by atoms with van der Waals surface area (Å²) < 4.78 is 1.98. The van der Waals surface area contributed by atoms with Gasteiger partial charge in [-0.2, -0.15) is 5.10 Å². The fourth-order valence-electron chi connectivity index (χ4n) is 1.99. The van der Waals surface area contributed by atoms with Crippen molar-refractivity contribution in [3.63, 3.8) is 0 Å². The third-order valence-corrected chi connectivity index (χ3v) is 3.20. The third-order valence-electron chi connectivity index (χ3n) is 3.20. The maximum absolute atomic E-state index is 4.14. The number of nitrogens with one attached hydrogen (secondary N) is 2. The second-order valence-electron chi connectivity index (χ2n) is 4.61. The lowest BCUT2D eigenvalue weighted by Crippen LogP contribution is -2.19. The van der Waals surface area contributed by atoms with Crippen LogP contribution in [-0.4, -0.2) is 24.7 Å². The van der Waals surface area contributed by atoms with Crippen molar-refractivity contribution in [1.82, 2.24) is 30.0 Å². The summed E-state index contributed by atoms with van der Waals surface area (Å²) in [6.07, 6.45) is 7.01. The fraction of sp³-hybridized carbons (Fsp3) is 0.214. The van der Waals surface area contributed by atoms with E-state index in [9.17, 15) is 0 Å². The van der Waals surface area contributed by atoms with Crippen LogP contribution in [0, 0.1) is 0 Å². The standard InChI is InChI=1S/C14H16N6/c1-11(14-17-9-18-19-14)16-8-12-2-4-13(5-3-12)20-7-6-15-10-20/h2-7,9-11,16H,8H2,1H3,(H,17,18,19). The van der Waals surface area contributed by atoms with Crippen molar-refractivity contribution in [3.05, 3.63) is 60.7 Å². The van der Waals surface area contributed by atoms with Gasteiger partial charge in [0.1, 0.15) is 12.2 Å². The Labute approximate surface area is 116 Å². The van der Waals surface area contributed by atoms with Crippen molar-refractivity contribution >= 4 is 0 Å². The monoisotopic (exact) mass is 268 g/mol. The normalized spacial score (nSPS) is 12.4. The highest BCUT2D eigenvalue weighted by molar-refractivity contribution is 5.34. The minimum atomic E-state index is 0.144. The first-order valence-electron chi connectivity index (χ1n) is 6.49. The Morgan fingerprint density at radius 1 is 1.30 bits per heavy atom. The summed E-state index contributed by atoms with van der Waals surface area (Å²) >= 11 is 0. The van der Waals surface area contributed by atoms with Gasteiger partial charge in [-0.3, -0.25) is 5.10 Å². The highest BCUT2D eigenvalue weighted by Crippen LogP contribution is 2.11. The molecule has 2 heterocycles. The third kappa shape index (κ3) is 2.75. The number of benzene rings is 1. The molecule has 0 spiro atoms. The van der Waals surface area contributed by atoms with Crippen molar-refractivity contribution in [2.45, 2.75) is 19.5 Å². The largest absolute Gasteiger partial charge is 0.306 e. The first kappa shape index (κ1) is 12.6. The Morgan fingerprint density at radius 3 is 2.80 bits per heavy atom. The molecule has 6 nitrogen and oxygen atoms in total. The number of aromatic amines is 1. The topological polar surface area (TPSA) is 71.4 Å². The molecule has 0 bridgehead atoms. The van der Waals surface area contributed by atoms with Crippen LogP contribution in [0.4, 0.5) is 0 Å². The lowest BCUT2D eigenvalue weighted by atomic mass is 10.2. The molecule has 0 radical (unpaired) electrons. The summed E-state index contributed by atoms with van der Waals surface area (Å²) in [7, 11) is 0. The van der Waals surface area contributed by atoms with E-state index in [1.54, 1.807) is 12.5 Å². The van der Waals surface area contributed by atoms with Crippen LogP contribution < -0.4 is 5.32 Å². The summed E-state index contributed by atoms with van der Waals surface area (Å²) in [5, 5.41) is 10.1. The molecule has 20 heavy (non-hydrogen) atoms. The number of hydrogen-bond donors (Lipinski definition) is 2. The maximum Gasteiger partial charge on any atom is 0.141 e. The van der Waals surface area contributed by atoms with E-state index in [0.717, 1.165) is 18.1 Å². The van der Waals surface area contributed by atoms with Crippen LogP contribution in [0.25, 0.3) is 5.69 Å². The quantitative estimate of drug-likeness (QED) is 0.740. The Bertz CT molecular complexity index is 627. The summed E-state index contributed by atoms with van der Waals surface area (Å²) in [5.41, 5.74) is 2.33. The molecule has 0 aliphatic heterocycles. The molecular formula is C14H16N6. The van der Waals surface area contributed by atoms with Gasteiger partial charge in [0.05, 0.1) is 12.4 Å². The van der Waals surface area contributed by atoms with E-state index in [0.29, 0.717) is 0 Å². The van der Waals surface area contributed by atoms with E-state index in [2.05, 4.69) is 56.7 Å². The van der Waals surface area contributed by atoms with Crippen LogP contribution in [0.1, 0.15) is 24.4 Å². The molecule has 0 aliphatic rings. The van der Waals surface area contributed by atoms with E-state index in [1.165, 1.54) is 11.9 Å². The smallest absolute Gasteiger partial charge is 0.141 e. The van der Waals surface area contributed by atoms with Gasteiger partial charge in [-0.15, -0.1) is 0 Å². The van der Waals surface area contributed by atoms with Gasteiger partial charge < -0.3 is 9.88 Å². The van der Waals surface area contributed by atoms with Crippen LogP contribution >= 0.6 is 0 Å². The van der Waals surface area contributed by atoms with Gasteiger partial charge in [-0.1, -0.05) is 12.1 Å². The van der Waals surface area contributed by atoms with Crippen molar-refractivity contribution in [1.29, 1.82) is 0 Å². The Morgan fingerprint density at radius 2 is 2.15 bits per heavy atom. The average molecular weight is 268 g/mol. The lowest BCUT2D eigenvalue weighted by Gasteiger charge is -2.11. The lowest BCUT2D eigenvalue weighted by molar-refractivity contribution is 0.548. The van der Waals surface area contributed by atoms with Gasteiger partial charge in [0, 0.05) is 24.6 Å². The van der Waals surface area contributed by atoms with E-state index >= 15 is 0 Å². The van der Waals surface area contributed by atoms with Gasteiger partial charge in [0.15, 0.2) is 0 Å². The predicted molar refractivity (Wildman–Crippen MR) is 75.2 cm³/mol. The molecule has 0 saturated carbocycles. The number of aromatic nitrogens is 5. The van der Waals surface area contributed by atoms with Crippen molar-refractivity contribution < 1.29 is 0 Å². The summed E-state index contributed by atoms with van der Waals surface area (Å²) in [6, 6.07) is 8.52. The highest BCUT2D eigenvalue weighted by Gasteiger charge is 2.07. The molecule has 0 saturated heterocycles. The van der Waals surface area contributed by atoms with E-state index in [-0.39, 0.29) is 6.04 Å². The number of nitrogens with zero attached hydrogens (tertiary/aromatic N) is 4. The zero-order valence-electron chi connectivity index (χ0n) is 11.2. The maximum atomic E-state index is 4.14. The minimum Gasteiger partial charge on any atom is -0.306 e. The van der Waals surface area contributed by atoms with Gasteiger partial charge in [-0.25, -0.2) is 9.97 Å². The molecule has 1 atom stereocenters. The molecule has 3 rings (SSSR count). The van der Waals surface area contributed by atoms with Crippen molar-refractivity contribution in [2.75, 3.05) is 0 Å². The molecule has 102 valence electrons. The molecule has 0 aliphatic carbocycles. The predicted octanol–water partition coefficient (Wildman–Crippen LogP) is 1.84. The Hall–Kier alpha value is -2.47. The van der Waals surface area contributed by atoms with Crippen LogP contribution in [0.3, 0.4) is 0 Å². The average Bonchev–Trinajstić information content (AvgIpc) is 3.18. The summed E-state index contributed by atoms with van der Waals surface area (Å²) in [6.45, 7) is 2.84. The minimum absolute atomic E-state index is 0.144. The zero-order valence-corrected chi connectivity index (χ0v) is 11.2. The summed E-state index contributed by atoms with van der Waals surface area (Å²) in [5.74, 6) is 0.847.